The fourth-order valence-electron chi connectivity index (χ4n) is 5.72. The lowest BCUT2D eigenvalue weighted by Gasteiger charge is -2.27. The highest BCUT2D eigenvalue weighted by molar-refractivity contribution is 6.37. The van der Waals surface area contributed by atoms with Gasteiger partial charge in [0.25, 0.3) is 0 Å². The smallest absolute Gasteiger partial charge is 0.241 e. The summed E-state index contributed by atoms with van der Waals surface area (Å²) in [5.74, 6) is -4.32. The fraction of sp³-hybridized carbons (Fsp3) is 0.214. The maximum atomic E-state index is 14.0. The number of methoxy groups -OCH3 is 1. The third-order valence-electron chi connectivity index (χ3n) is 7.22. The van der Waals surface area contributed by atoms with Crippen molar-refractivity contribution in [3.05, 3.63) is 95.1 Å². The molecule has 0 unspecified atom stereocenters. The molecule has 2 aliphatic heterocycles. The third-order valence-corrected chi connectivity index (χ3v) is 7.22. The number of fused-ring (bicyclic) bond motifs is 3. The Hall–Kier alpha value is -4.10. The van der Waals surface area contributed by atoms with Gasteiger partial charge in [-0.05, 0) is 24.6 Å². The zero-order chi connectivity index (χ0) is 24.5. The number of hydrogen-bond acceptors (Lipinski definition) is 6. The van der Waals surface area contributed by atoms with Crippen molar-refractivity contribution in [1.82, 2.24) is 0 Å². The van der Waals surface area contributed by atoms with Crippen molar-refractivity contribution < 1.29 is 28.7 Å². The van der Waals surface area contributed by atoms with E-state index in [-0.39, 0.29) is 16.8 Å². The number of Topliss-reactive ketones (excluding diaryl/α,β-unsaturated/α-hetero) is 2. The standard InChI is InChI=1S/C28H21NO6/c1-15-8-7-9-16(14-15)23-21-22(27(33)29(26(21)32)19-12-5-6-13-20(19)34-2)28(35-23)24(30)17-10-3-4-11-18(17)25(28)31/h3-14,21-23H,1-2H3/t21-,22+,23-/m0/s1. The van der Waals surface area contributed by atoms with E-state index in [1.54, 1.807) is 54.6 Å². The molecule has 2 saturated heterocycles. The average molecular weight is 467 g/mol. The molecule has 1 spiro atoms. The second-order valence-corrected chi connectivity index (χ2v) is 9.08. The Balaban J connectivity index is 1.56. The molecule has 35 heavy (non-hydrogen) atoms. The van der Waals surface area contributed by atoms with Gasteiger partial charge < -0.3 is 9.47 Å². The van der Waals surface area contributed by atoms with Crippen molar-refractivity contribution >= 4 is 29.1 Å². The highest BCUT2D eigenvalue weighted by atomic mass is 16.5. The Morgan fingerprint density at radius 3 is 2.14 bits per heavy atom. The van der Waals surface area contributed by atoms with E-state index in [4.69, 9.17) is 9.47 Å². The van der Waals surface area contributed by atoms with Gasteiger partial charge in [-0.1, -0.05) is 66.2 Å². The van der Waals surface area contributed by atoms with E-state index < -0.39 is 46.9 Å². The molecule has 0 N–H and O–H groups in total. The van der Waals surface area contributed by atoms with E-state index in [0.29, 0.717) is 11.3 Å². The molecule has 6 rings (SSSR count). The highest BCUT2D eigenvalue weighted by Gasteiger charge is 2.74. The summed E-state index contributed by atoms with van der Waals surface area (Å²) in [7, 11) is 1.45. The molecular weight excluding hydrogens is 446 g/mol. The molecule has 0 saturated carbocycles. The number of aryl methyl sites for hydroxylation is 1. The molecule has 3 aromatic rings. The fourth-order valence-corrected chi connectivity index (χ4v) is 5.72. The Morgan fingerprint density at radius 1 is 0.829 bits per heavy atom. The molecule has 0 bridgehead atoms. The number of carbonyl (C=O) groups excluding carboxylic acids is 4. The monoisotopic (exact) mass is 467 g/mol. The first kappa shape index (κ1) is 21.4. The lowest BCUT2D eigenvalue weighted by atomic mass is 9.77. The maximum Gasteiger partial charge on any atom is 0.241 e. The zero-order valence-electron chi connectivity index (χ0n) is 19.1. The quantitative estimate of drug-likeness (QED) is 0.431. The van der Waals surface area contributed by atoms with Gasteiger partial charge in [0, 0.05) is 11.1 Å². The van der Waals surface area contributed by atoms with Crippen LogP contribution in [-0.4, -0.2) is 36.1 Å². The van der Waals surface area contributed by atoms with Gasteiger partial charge in [-0.15, -0.1) is 0 Å². The lowest BCUT2D eigenvalue weighted by molar-refractivity contribution is -0.127. The van der Waals surface area contributed by atoms with Crippen molar-refractivity contribution in [2.45, 2.75) is 18.6 Å². The minimum Gasteiger partial charge on any atom is -0.495 e. The number of amides is 2. The average Bonchev–Trinajstić information content (AvgIpc) is 3.44. The molecule has 7 nitrogen and oxygen atoms in total. The van der Waals surface area contributed by atoms with Crippen molar-refractivity contribution in [3.63, 3.8) is 0 Å². The minimum atomic E-state index is -2.09. The van der Waals surface area contributed by atoms with Crippen molar-refractivity contribution in [1.29, 1.82) is 0 Å². The molecule has 1 aliphatic carbocycles. The molecule has 3 aromatic carbocycles. The highest BCUT2D eigenvalue weighted by Crippen LogP contribution is 2.58. The number of carbonyl (C=O) groups is 4. The summed E-state index contributed by atoms with van der Waals surface area (Å²) in [6.07, 6.45) is -0.946. The zero-order valence-corrected chi connectivity index (χ0v) is 19.1. The normalized spacial score (nSPS) is 24.3. The molecule has 3 aliphatic rings. The number of para-hydroxylation sites is 2. The molecule has 7 heteroatoms. The van der Waals surface area contributed by atoms with Crippen molar-refractivity contribution in [2.24, 2.45) is 11.8 Å². The lowest BCUT2D eigenvalue weighted by Crippen LogP contribution is -2.51. The van der Waals surface area contributed by atoms with Crippen LogP contribution in [-0.2, 0) is 14.3 Å². The predicted octanol–water partition coefficient (Wildman–Crippen LogP) is 3.70. The molecule has 174 valence electrons. The van der Waals surface area contributed by atoms with Gasteiger partial charge in [0.05, 0.1) is 30.7 Å². The van der Waals surface area contributed by atoms with E-state index in [2.05, 4.69) is 0 Å². The van der Waals surface area contributed by atoms with Gasteiger partial charge >= 0.3 is 0 Å². The van der Waals surface area contributed by atoms with E-state index in [1.807, 2.05) is 25.1 Å². The summed E-state index contributed by atoms with van der Waals surface area (Å²) < 4.78 is 11.7. The number of anilines is 1. The summed E-state index contributed by atoms with van der Waals surface area (Å²) in [6, 6.07) is 20.5. The van der Waals surface area contributed by atoms with Crippen LogP contribution in [0.1, 0.15) is 37.9 Å². The van der Waals surface area contributed by atoms with Crippen molar-refractivity contribution in [3.8, 4) is 5.75 Å². The molecule has 2 heterocycles. The van der Waals surface area contributed by atoms with Gasteiger partial charge in [-0.25, -0.2) is 4.90 Å². The Bertz CT molecular complexity index is 1410. The number of ether oxygens (including phenoxy) is 2. The number of imide groups is 1. The minimum absolute atomic E-state index is 0.206. The Labute approximate surface area is 201 Å². The van der Waals surface area contributed by atoms with Crippen LogP contribution in [0.5, 0.6) is 5.75 Å². The summed E-state index contributed by atoms with van der Waals surface area (Å²) in [4.78, 5) is 56.5. The summed E-state index contributed by atoms with van der Waals surface area (Å²) in [5.41, 5.74) is 0.153. The summed E-state index contributed by atoms with van der Waals surface area (Å²) in [5, 5.41) is 0. The van der Waals surface area contributed by atoms with Gasteiger partial charge in [0.2, 0.25) is 29.0 Å². The van der Waals surface area contributed by atoms with Crippen LogP contribution in [0.15, 0.2) is 72.8 Å². The van der Waals surface area contributed by atoms with E-state index in [1.165, 1.54) is 7.11 Å². The number of hydrogen-bond donors (Lipinski definition) is 0. The number of benzene rings is 3. The van der Waals surface area contributed by atoms with Crippen LogP contribution >= 0.6 is 0 Å². The van der Waals surface area contributed by atoms with Crippen LogP contribution in [0.3, 0.4) is 0 Å². The number of rotatable bonds is 3. The predicted molar refractivity (Wildman–Crippen MR) is 125 cm³/mol. The van der Waals surface area contributed by atoms with Crippen LogP contribution < -0.4 is 9.64 Å². The SMILES string of the molecule is COc1ccccc1N1C(=O)[C@@H]2[C@H](c3cccc(C)c3)OC3(C(=O)c4ccccc4C3=O)[C@H]2C1=O. The van der Waals surface area contributed by atoms with Gasteiger partial charge in [-0.3, -0.25) is 19.2 Å². The van der Waals surface area contributed by atoms with E-state index in [0.717, 1.165) is 10.5 Å². The summed E-state index contributed by atoms with van der Waals surface area (Å²) in [6.45, 7) is 1.90. The second-order valence-electron chi connectivity index (χ2n) is 9.08. The topological polar surface area (TPSA) is 90.0 Å². The van der Waals surface area contributed by atoms with Crippen LogP contribution in [0.4, 0.5) is 5.69 Å². The Kier molecular flexibility index (Phi) is 4.56. The maximum absolute atomic E-state index is 14.0. The van der Waals surface area contributed by atoms with Gasteiger partial charge in [0.15, 0.2) is 0 Å². The molecular formula is C28H21NO6. The largest absolute Gasteiger partial charge is 0.495 e. The number of nitrogens with zero attached hydrogens (tertiary/aromatic N) is 1. The van der Waals surface area contributed by atoms with E-state index >= 15 is 0 Å². The first-order valence-electron chi connectivity index (χ1n) is 11.3. The third kappa shape index (κ3) is 2.70. The molecule has 2 amide bonds. The first-order valence-corrected chi connectivity index (χ1v) is 11.3. The molecule has 3 atom stereocenters. The second kappa shape index (κ2) is 7.45. The van der Waals surface area contributed by atoms with Crippen LogP contribution in [0.25, 0.3) is 0 Å². The van der Waals surface area contributed by atoms with Gasteiger partial charge in [-0.2, -0.15) is 0 Å². The van der Waals surface area contributed by atoms with Gasteiger partial charge in [0.1, 0.15) is 5.75 Å². The molecule has 0 radical (unpaired) electrons. The van der Waals surface area contributed by atoms with Crippen LogP contribution in [0.2, 0.25) is 0 Å². The first-order chi connectivity index (χ1) is 16.9. The van der Waals surface area contributed by atoms with Crippen LogP contribution in [0, 0.1) is 18.8 Å². The Morgan fingerprint density at radius 2 is 1.49 bits per heavy atom. The molecule has 0 aromatic heterocycles. The van der Waals surface area contributed by atoms with E-state index in [9.17, 15) is 19.2 Å². The molecule has 2 fully saturated rings. The summed E-state index contributed by atoms with van der Waals surface area (Å²) >= 11 is 0. The number of ketones is 2. The van der Waals surface area contributed by atoms with Crippen molar-refractivity contribution in [2.75, 3.05) is 12.0 Å².